The molecule has 2 aromatic heterocycles. The number of nitrogens with zero attached hydrogens (tertiary/aromatic N) is 2. The van der Waals surface area contributed by atoms with Gasteiger partial charge in [0, 0.05) is 36.8 Å². The molecule has 0 saturated heterocycles. The lowest BCUT2D eigenvalue weighted by atomic mass is 9.99. The molecule has 178 valence electrons. The van der Waals surface area contributed by atoms with Gasteiger partial charge in [-0.25, -0.2) is 4.98 Å². The third-order valence-electron chi connectivity index (χ3n) is 6.10. The van der Waals surface area contributed by atoms with Crippen LogP contribution in [0.4, 0.5) is 0 Å². The summed E-state index contributed by atoms with van der Waals surface area (Å²) in [7, 11) is 1.69. The van der Waals surface area contributed by atoms with Crippen LogP contribution in [0.1, 0.15) is 55.6 Å². The molecule has 5 nitrogen and oxygen atoms in total. The van der Waals surface area contributed by atoms with Crippen molar-refractivity contribution in [3.63, 3.8) is 0 Å². The van der Waals surface area contributed by atoms with Crippen LogP contribution in [0, 0.1) is 12.8 Å². The van der Waals surface area contributed by atoms with Gasteiger partial charge in [-0.1, -0.05) is 62.9 Å². The summed E-state index contributed by atoms with van der Waals surface area (Å²) in [6, 6.07) is 9.67. The fraction of sp³-hybridized carbons (Fsp3) is 0.462. The molecule has 0 bridgehead atoms. The van der Waals surface area contributed by atoms with Crippen LogP contribution >= 0.6 is 22.9 Å². The first-order valence-electron chi connectivity index (χ1n) is 11.7. The Morgan fingerprint density at radius 1 is 1.30 bits per heavy atom. The number of nitrogens with one attached hydrogen (secondary N) is 1. The molecule has 3 aromatic rings. The van der Waals surface area contributed by atoms with E-state index in [1.165, 1.54) is 12.8 Å². The number of carbonyl (C=O) groups is 1. The molecule has 0 aliphatic heterocycles. The second-order valence-corrected chi connectivity index (χ2v) is 9.58. The van der Waals surface area contributed by atoms with Crippen LogP contribution in [0.2, 0.25) is 5.02 Å². The van der Waals surface area contributed by atoms with E-state index in [9.17, 15) is 4.79 Å². The van der Waals surface area contributed by atoms with E-state index < -0.39 is 0 Å². The standard InChI is InChI=1S/C26H34ClN3O2S/c1-5-7-10-19(6-2)16-28-25(31)21-15-24(30(18(21)3)13-14-32-4)23-17-33-26(29-23)20-11-8-9-12-22(20)27/h8-9,11-12,15,17,19H,5-7,10,13-14,16H2,1-4H3,(H,28,31). The number of methoxy groups -OCH3 is 1. The summed E-state index contributed by atoms with van der Waals surface area (Å²) in [6.45, 7) is 8.30. The van der Waals surface area contributed by atoms with Gasteiger partial charge in [0.25, 0.3) is 5.91 Å². The topological polar surface area (TPSA) is 56.2 Å². The first-order valence-corrected chi connectivity index (χ1v) is 12.9. The number of amides is 1. The summed E-state index contributed by atoms with van der Waals surface area (Å²) in [6.07, 6.45) is 4.60. The first-order chi connectivity index (χ1) is 16.0. The summed E-state index contributed by atoms with van der Waals surface area (Å²) >= 11 is 7.93. The van der Waals surface area contributed by atoms with Crippen molar-refractivity contribution >= 4 is 28.8 Å². The maximum absolute atomic E-state index is 13.1. The van der Waals surface area contributed by atoms with Gasteiger partial charge in [0.05, 0.1) is 28.6 Å². The minimum atomic E-state index is -0.0265. The molecule has 0 aliphatic carbocycles. The number of ether oxygens (including phenoxy) is 1. The van der Waals surface area contributed by atoms with Crippen LogP contribution in [0.5, 0.6) is 0 Å². The Kier molecular flexibility index (Phi) is 9.53. The molecule has 1 unspecified atom stereocenters. The zero-order valence-corrected chi connectivity index (χ0v) is 21.6. The van der Waals surface area contributed by atoms with Crippen molar-refractivity contribution in [2.75, 3.05) is 20.3 Å². The highest BCUT2D eigenvalue weighted by atomic mass is 35.5. The quantitative estimate of drug-likeness (QED) is 0.304. The molecule has 1 amide bonds. The average Bonchev–Trinajstić information content (AvgIpc) is 3.42. The van der Waals surface area contributed by atoms with E-state index in [0.717, 1.165) is 40.5 Å². The Balaban J connectivity index is 1.87. The van der Waals surface area contributed by atoms with Crippen molar-refractivity contribution in [3.8, 4) is 22.0 Å². The van der Waals surface area contributed by atoms with Gasteiger partial charge in [0.15, 0.2) is 0 Å². The largest absolute Gasteiger partial charge is 0.383 e. The Morgan fingerprint density at radius 3 is 2.79 bits per heavy atom. The second kappa shape index (κ2) is 12.4. The normalized spacial score (nSPS) is 12.2. The van der Waals surface area contributed by atoms with Gasteiger partial charge < -0.3 is 14.6 Å². The van der Waals surface area contributed by atoms with E-state index in [4.69, 9.17) is 21.3 Å². The van der Waals surface area contributed by atoms with Crippen molar-refractivity contribution < 1.29 is 9.53 Å². The smallest absolute Gasteiger partial charge is 0.253 e. The molecule has 0 aliphatic rings. The zero-order valence-electron chi connectivity index (χ0n) is 20.0. The third-order valence-corrected chi connectivity index (χ3v) is 7.30. The van der Waals surface area contributed by atoms with Crippen molar-refractivity contribution in [1.82, 2.24) is 14.9 Å². The van der Waals surface area contributed by atoms with Crippen molar-refractivity contribution in [1.29, 1.82) is 0 Å². The summed E-state index contributed by atoms with van der Waals surface area (Å²) in [5, 5.41) is 6.73. The number of halogens is 1. The molecule has 2 heterocycles. The molecule has 33 heavy (non-hydrogen) atoms. The maximum Gasteiger partial charge on any atom is 0.253 e. The molecule has 1 aromatic carbocycles. The fourth-order valence-corrected chi connectivity index (χ4v) is 5.12. The number of hydrogen-bond donors (Lipinski definition) is 1. The number of aromatic nitrogens is 2. The summed E-state index contributed by atoms with van der Waals surface area (Å²) < 4.78 is 7.45. The molecule has 7 heteroatoms. The van der Waals surface area contributed by atoms with Crippen molar-refractivity contribution in [2.45, 2.75) is 53.0 Å². The summed E-state index contributed by atoms with van der Waals surface area (Å²) in [5.41, 5.74) is 4.29. The first kappa shape index (κ1) is 25.5. The van der Waals surface area contributed by atoms with Crippen molar-refractivity contribution in [3.05, 3.63) is 52.0 Å². The molecule has 1 atom stereocenters. The van der Waals surface area contributed by atoms with Crippen LogP contribution in [0.15, 0.2) is 35.7 Å². The lowest BCUT2D eigenvalue weighted by molar-refractivity contribution is 0.0945. The molecule has 0 radical (unpaired) electrons. The Morgan fingerprint density at radius 2 is 2.09 bits per heavy atom. The predicted molar refractivity (Wildman–Crippen MR) is 138 cm³/mol. The van der Waals surface area contributed by atoms with E-state index in [-0.39, 0.29) is 5.91 Å². The maximum atomic E-state index is 13.1. The van der Waals surface area contributed by atoms with Gasteiger partial charge in [0.1, 0.15) is 5.01 Å². The van der Waals surface area contributed by atoms with E-state index in [1.54, 1.807) is 18.4 Å². The van der Waals surface area contributed by atoms with Crippen LogP contribution in [-0.2, 0) is 11.3 Å². The molecule has 1 N–H and O–H groups in total. The van der Waals surface area contributed by atoms with Gasteiger partial charge >= 0.3 is 0 Å². The van der Waals surface area contributed by atoms with Crippen LogP contribution < -0.4 is 5.32 Å². The highest BCUT2D eigenvalue weighted by molar-refractivity contribution is 7.13. The van der Waals surface area contributed by atoms with Crippen LogP contribution in [-0.4, -0.2) is 35.7 Å². The fourth-order valence-electron chi connectivity index (χ4n) is 3.98. The second-order valence-electron chi connectivity index (χ2n) is 8.32. The third kappa shape index (κ3) is 6.25. The van der Waals surface area contributed by atoms with Crippen LogP contribution in [0.25, 0.3) is 22.0 Å². The van der Waals surface area contributed by atoms with Gasteiger partial charge in [-0.2, -0.15) is 0 Å². The van der Waals surface area contributed by atoms with E-state index in [2.05, 4.69) is 23.7 Å². The van der Waals surface area contributed by atoms with Gasteiger partial charge in [-0.05, 0) is 31.4 Å². The molecule has 0 fully saturated rings. The number of unbranched alkanes of at least 4 members (excludes halogenated alkanes) is 1. The number of carbonyl (C=O) groups excluding carboxylic acids is 1. The average molecular weight is 488 g/mol. The van der Waals surface area contributed by atoms with E-state index >= 15 is 0 Å². The molecule has 0 saturated carbocycles. The van der Waals surface area contributed by atoms with Gasteiger partial charge in [-0.3, -0.25) is 4.79 Å². The Hall–Kier alpha value is -2.15. The summed E-state index contributed by atoms with van der Waals surface area (Å²) in [4.78, 5) is 18.0. The number of thiazole rings is 1. The lowest BCUT2D eigenvalue weighted by Gasteiger charge is -2.15. The Bertz CT molecular complexity index is 1060. The molecule has 0 spiro atoms. The van der Waals surface area contributed by atoms with E-state index in [1.807, 2.05) is 42.6 Å². The number of hydrogen-bond acceptors (Lipinski definition) is 4. The van der Waals surface area contributed by atoms with Gasteiger partial charge in [-0.15, -0.1) is 11.3 Å². The molecular weight excluding hydrogens is 454 g/mol. The Labute approximate surface area is 206 Å². The molecule has 3 rings (SSSR count). The van der Waals surface area contributed by atoms with Gasteiger partial charge in [0.2, 0.25) is 0 Å². The van der Waals surface area contributed by atoms with Crippen LogP contribution in [0.3, 0.4) is 0 Å². The minimum absolute atomic E-state index is 0.0265. The number of rotatable bonds is 12. The highest BCUT2D eigenvalue weighted by Gasteiger charge is 2.21. The van der Waals surface area contributed by atoms with Crippen molar-refractivity contribution in [2.24, 2.45) is 5.92 Å². The summed E-state index contributed by atoms with van der Waals surface area (Å²) in [5.74, 6) is 0.488. The number of benzene rings is 1. The highest BCUT2D eigenvalue weighted by Crippen LogP contribution is 2.34. The lowest BCUT2D eigenvalue weighted by Crippen LogP contribution is -2.29. The minimum Gasteiger partial charge on any atom is -0.383 e. The SMILES string of the molecule is CCCCC(CC)CNC(=O)c1cc(-c2csc(-c3ccccc3Cl)n2)n(CCOC)c1C. The monoisotopic (exact) mass is 487 g/mol. The zero-order chi connectivity index (χ0) is 23.8. The molecular formula is C26H34ClN3O2S. The predicted octanol–water partition coefficient (Wildman–Crippen LogP) is 6.83. The van der Waals surface area contributed by atoms with E-state index in [0.29, 0.717) is 36.2 Å².